The SMILES string of the molecule is CC(C)=CCC/C(C)=C/CC/C(C)=C/CCC(=O)CC(=O)O. The molecule has 0 fully saturated rings. The van der Waals surface area contributed by atoms with E-state index in [1.54, 1.807) is 0 Å². The van der Waals surface area contributed by atoms with Crippen LogP contribution in [0.5, 0.6) is 0 Å². The normalized spacial score (nSPS) is 12.2. The van der Waals surface area contributed by atoms with E-state index >= 15 is 0 Å². The highest BCUT2D eigenvalue weighted by atomic mass is 16.4. The summed E-state index contributed by atoms with van der Waals surface area (Å²) in [4.78, 5) is 21.6. The van der Waals surface area contributed by atoms with Gasteiger partial charge in [-0.15, -0.1) is 0 Å². The standard InChI is InChI=1S/C19H30O3/c1-15(2)8-5-9-16(3)10-6-11-17(4)12-7-13-18(20)14-19(21)22/h8,10,12H,5-7,9,11,13-14H2,1-4H3,(H,21,22)/b16-10+,17-12+. The first-order chi connectivity index (χ1) is 10.3. The zero-order valence-electron chi connectivity index (χ0n) is 14.4. The van der Waals surface area contributed by atoms with Crippen LogP contribution in [-0.2, 0) is 9.59 Å². The second-order valence-electron chi connectivity index (χ2n) is 6.11. The van der Waals surface area contributed by atoms with E-state index in [2.05, 4.69) is 39.8 Å². The quantitative estimate of drug-likeness (QED) is 0.420. The zero-order valence-corrected chi connectivity index (χ0v) is 14.4. The average molecular weight is 306 g/mol. The Bertz CT molecular complexity index is 449. The Balaban J connectivity index is 3.94. The highest BCUT2D eigenvalue weighted by Crippen LogP contribution is 2.12. The minimum atomic E-state index is -1.04. The lowest BCUT2D eigenvalue weighted by molar-refractivity contribution is -0.140. The number of carbonyl (C=O) groups is 2. The maximum atomic E-state index is 11.3. The fraction of sp³-hybridized carbons (Fsp3) is 0.579. The van der Waals surface area contributed by atoms with Crippen LogP contribution in [0.15, 0.2) is 34.9 Å². The predicted molar refractivity (Wildman–Crippen MR) is 91.9 cm³/mol. The predicted octanol–water partition coefficient (Wildman–Crippen LogP) is 5.23. The van der Waals surface area contributed by atoms with E-state index in [1.165, 1.54) is 16.7 Å². The number of carbonyl (C=O) groups excluding carboxylic acids is 1. The van der Waals surface area contributed by atoms with E-state index < -0.39 is 5.97 Å². The third-order valence-electron chi connectivity index (χ3n) is 3.39. The largest absolute Gasteiger partial charge is 0.481 e. The minimum Gasteiger partial charge on any atom is -0.481 e. The Hall–Kier alpha value is -1.64. The second-order valence-corrected chi connectivity index (χ2v) is 6.11. The van der Waals surface area contributed by atoms with Gasteiger partial charge >= 0.3 is 5.97 Å². The highest BCUT2D eigenvalue weighted by molar-refractivity contribution is 5.94. The molecule has 0 aliphatic rings. The molecule has 0 amide bonds. The summed E-state index contributed by atoms with van der Waals surface area (Å²) in [5, 5.41) is 8.51. The van der Waals surface area contributed by atoms with Crippen molar-refractivity contribution in [1.82, 2.24) is 0 Å². The van der Waals surface area contributed by atoms with Crippen molar-refractivity contribution in [2.45, 2.75) is 72.6 Å². The second kappa shape index (κ2) is 12.0. The number of carboxylic acids is 1. The highest BCUT2D eigenvalue weighted by Gasteiger charge is 2.06. The van der Waals surface area contributed by atoms with E-state index in [-0.39, 0.29) is 12.2 Å². The van der Waals surface area contributed by atoms with Gasteiger partial charge in [0.05, 0.1) is 0 Å². The summed E-state index contributed by atoms with van der Waals surface area (Å²) in [5.41, 5.74) is 4.04. The minimum absolute atomic E-state index is 0.202. The van der Waals surface area contributed by atoms with Crippen molar-refractivity contribution < 1.29 is 14.7 Å². The van der Waals surface area contributed by atoms with Crippen LogP contribution in [0.25, 0.3) is 0 Å². The van der Waals surface area contributed by atoms with E-state index in [0.717, 1.165) is 25.7 Å². The average Bonchev–Trinajstić information content (AvgIpc) is 2.37. The van der Waals surface area contributed by atoms with Gasteiger partial charge in [0.15, 0.2) is 0 Å². The molecule has 0 aromatic heterocycles. The van der Waals surface area contributed by atoms with Crippen LogP contribution in [0.3, 0.4) is 0 Å². The van der Waals surface area contributed by atoms with E-state index in [9.17, 15) is 9.59 Å². The van der Waals surface area contributed by atoms with Gasteiger partial charge in [-0.25, -0.2) is 0 Å². The van der Waals surface area contributed by atoms with Crippen molar-refractivity contribution in [3.8, 4) is 0 Å². The van der Waals surface area contributed by atoms with Gasteiger partial charge in [0.2, 0.25) is 0 Å². The van der Waals surface area contributed by atoms with Gasteiger partial charge < -0.3 is 5.11 Å². The molecular formula is C19H30O3. The molecule has 0 aliphatic heterocycles. The Labute approximate surface area is 134 Å². The van der Waals surface area contributed by atoms with Crippen molar-refractivity contribution in [2.75, 3.05) is 0 Å². The fourth-order valence-corrected chi connectivity index (χ4v) is 2.08. The third kappa shape index (κ3) is 13.3. The third-order valence-corrected chi connectivity index (χ3v) is 3.39. The van der Waals surface area contributed by atoms with Crippen LogP contribution in [-0.4, -0.2) is 16.9 Å². The number of carboxylic acid groups (broad SMARTS) is 1. The van der Waals surface area contributed by atoms with Gasteiger partial charge in [-0.05, 0) is 59.8 Å². The van der Waals surface area contributed by atoms with Crippen molar-refractivity contribution in [1.29, 1.82) is 0 Å². The van der Waals surface area contributed by atoms with Crippen LogP contribution < -0.4 is 0 Å². The lowest BCUT2D eigenvalue weighted by Gasteiger charge is -2.01. The molecule has 22 heavy (non-hydrogen) atoms. The van der Waals surface area contributed by atoms with Gasteiger partial charge in [-0.1, -0.05) is 34.9 Å². The summed E-state index contributed by atoms with van der Waals surface area (Å²) < 4.78 is 0. The Morgan fingerprint density at radius 1 is 0.773 bits per heavy atom. The van der Waals surface area contributed by atoms with Crippen LogP contribution in [0.4, 0.5) is 0 Å². The molecular weight excluding hydrogens is 276 g/mol. The first kappa shape index (κ1) is 20.4. The lowest BCUT2D eigenvalue weighted by atomic mass is 10.0. The maximum Gasteiger partial charge on any atom is 0.310 e. The number of hydrogen-bond donors (Lipinski definition) is 1. The van der Waals surface area contributed by atoms with Crippen LogP contribution in [0, 0.1) is 0 Å². The topological polar surface area (TPSA) is 54.4 Å². The van der Waals surface area contributed by atoms with Gasteiger partial charge in [-0.3, -0.25) is 9.59 Å². The summed E-state index contributed by atoms with van der Waals surface area (Å²) >= 11 is 0. The molecule has 0 heterocycles. The molecule has 0 aromatic rings. The van der Waals surface area contributed by atoms with Crippen LogP contribution in [0.2, 0.25) is 0 Å². The smallest absolute Gasteiger partial charge is 0.310 e. The molecule has 1 N–H and O–H groups in total. The summed E-state index contributed by atoms with van der Waals surface area (Å²) in [6.07, 6.45) is 11.4. The molecule has 124 valence electrons. The number of allylic oxidation sites excluding steroid dienone is 6. The van der Waals surface area contributed by atoms with Crippen molar-refractivity contribution in [2.24, 2.45) is 0 Å². The number of Topliss-reactive ketones (excluding diaryl/α,β-unsaturated/α-hetero) is 1. The number of hydrogen-bond acceptors (Lipinski definition) is 2. The molecule has 3 heteroatoms. The molecule has 0 aromatic carbocycles. The molecule has 0 spiro atoms. The van der Waals surface area contributed by atoms with Crippen LogP contribution >= 0.6 is 0 Å². The van der Waals surface area contributed by atoms with E-state index in [4.69, 9.17) is 5.11 Å². The number of rotatable bonds is 11. The van der Waals surface area contributed by atoms with Crippen molar-refractivity contribution in [3.05, 3.63) is 34.9 Å². The van der Waals surface area contributed by atoms with Crippen molar-refractivity contribution >= 4 is 11.8 Å². The van der Waals surface area contributed by atoms with Gasteiger partial charge in [0, 0.05) is 6.42 Å². The van der Waals surface area contributed by atoms with E-state index in [1.807, 2.05) is 6.08 Å². The van der Waals surface area contributed by atoms with Gasteiger partial charge in [0.1, 0.15) is 12.2 Å². The molecule has 0 unspecified atom stereocenters. The van der Waals surface area contributed by atoms with Crippen LogP contribution in [0.1, 0.15) is 72.6 Å². The zero-order chi connectivity index (χ0) is 17.0. The molecule has 0 atom stereocenters. The van der Waals surface area contributed by atoms with Crippen molar-refractivity contribution in [3.63, 3.8) is 0 Å². The fourth-order valence-electron chi connectivity index (χ4n) is 2.08. The van der Waals surface area contributed by atoms with Gasteiger partial charge in [-0.2, -0.15) is 0 Å². The summed E-state index contributed by atoms with van der Waals surface area (Å²) in [5.74, 6) is -1.24. The maximum absolute atomic E-state index is 11.3. The molecule has 0 aliphatic carbocycles. The first-order valence-corrected chi connectivity index (χ1v) is 7.99. The lowest BCUT2D eigenvalue weighted by Crippen LogP contribution is -2.05. The summed E-state index contributed by atoms with van der Waals surface area (Å²) in [7, 11) is 0. The Morgan fingerprint density at radius 3 is 1.68 bits per heavy atom. The molecule has 3 nitrogen and oxygen atoms in total. The molecule has 0 saturated heterocycles. The van der Waals surface area contributed by atoms with E-state index in [0.29, 0.717) is 12.8 Å². The molecule has 0 radical (unpaired) electrons. The number of aliphatic carboxylic acids is 1. The first-order valence-electron chi connectivity index (χ1n) is 7.99. The summed E-state index contributed by atoms with van der Waals surface area (Å²) in [6.45, 7) is 8.47. The Morgan fingerprint density at radius 2 is 1.23 bits per heavy atom. The summed E-state index contributed by atoms with van der Waals surface area (Å²) in [6, 6.07) is 0. The molecule has 0 bridgehead atoms. The molecule has 0 saturated carbocycles. The Kier molecular flexibility index (Phi) is 11.1. The number of ketones is 1. The van der Waals surface area contributed by atoms with Gasteiger partial charge in [0.25, 0.3) is 0 Å². The molecule has 0 rings (SSSR count). The monoisotopic (exact) mass is 306 g/mol.